The van der Waals surface area contributed by atoms with Crippen molar-refractivity contribution in [1.29, 1.82) is 0 Å². The molecule has 2 aliphatic rings. The molecule has 0 bridgehead atoms. The molecule has 0 spiro atoms. The molecule has 1 aromatic carbocycles. The summed E-state index contributed by atoms with van der Waals surface area (Å²) in [6.07, 6.45) is 1.51. The highest BCUT2D eigenvalue weighted by molar-refractivity contribution is 6.09. The lowest BCUT2D eigenvalue weighted by atomic mass is 9.75. The van der Waals surface area contributed by atoms with E-state index >= 15 is 0 Å². The Morgan fingerprint density at radius 1 is 1.19 bits per heavy atom. The van der Waals surface area contributed by atoms with E-state index < -0.39 is 29.4 Å². The first-order chi connectivity index (χ1) is 13.1. The summed E-state index contributed by atoms with van der Waals surface area (Å²) >= 11 is 0. The number of carbonyl (C=O) groups is 3. The third-order valence-corrected chi connectivity index (χ3v) is 5.55. The van der Waals surface area contributed by atoms with Crippen molar-refractivity contribution in [1.82, 2.24) is 10.2 Å². The van der Waals surface area contributed by atoms with Crippen LogP contribution in [0.3, 0.4) is 0 Å². The Hall–Kier alpha value is -2.93. The van der Waals surface area contributed by atoms with E-state index in [-0.39, 0.29) is 18.4 Å². The topological polar surface area (TPSA) is 88.9 Å². The van der Waals surface area contributed by atoms with Gasteiger partial charge in [-0.25, -0.2) is 4.79 Å². The van der Waals surface area contributed by atoms with Crippen LogP contribution in [0.4, 0.5) is 0 Å². The number of hydrogen-bond donors (Lipinski definition) is 1. The fourth-order valence-corrected chi connectivity index (χ4v) is 4.42. The molecule has 7 heteroatoms. The van der Waals surface area contributed by atoms with E-state index in [1.54, 1.807) is 43.3 Å². The molecule has 2 fully saturated rings. The number of rotatable bonds is 4. The van der Waals surface area contributed by atoms with Gasteiger partial charge in [0.1, 0.15) is 5.76 Å². The van der Waals surface area contributed by atoms with Crippen LogP contribution in [0.2, 0.25) is 0 Å². The largest absolute Gasteiger partial charge is 0.468 e. The second-order valence-electron chi connectivity index (χ2n) is 6.73. The predicted molar refractivity (Wildman–Crippen MR) is 94.1 cm³/mol. The summed E-state index contributed by atoms with van der Waals surface area (Å²) in [6.45, 7) is 2.00. The maximum absolute atomic E-state index is 13.2. The Kier molecular flexibility index (Phi) is 4.11. The lowest BCUT2D eigenvalue weighted by Gasteiger charge is -2.32. The zero-order valence-electron chi connectivity index (χ0n) is 15.0. The van der Waals surface area contributed by atoms with Crippen molar-refractivity contribution in [2.75, 3.05) is 13.7 Å². The normalized spacial score (nSPS) is 29.9. The first kappa shape index (κ1) is 17.5. The highest BCUT2D eigenvalue weighted by Gasteiger charge is 2.69. The van der Waals surface area contributed by atoms with E-state index in [9.17, 15) is 14.4 Å². The molecule has 4 atom stereocenters. The summed E-state index contributed by atoms with van der Waals surface area (Å²) in [5.41, 5.74) is -0.880. The molecule has 0 saturated carbocycles. The molecule has 27 heavy (non-hydrogen) atoms. The number of fused-ring (bicyclic) bond motifs is 1. The van der Waals surface area contributed by atoms with Gasteiger partial charge < -0.3 is 9.15 Å². The molecule has 2 saturated heterocycles. The molecule has 3 heterocycles. The van der Waals surface area contributed by atoms with Gasteiger partial charge in [0, 0.05) is 6.54 Å². The number of benzene rings is 1. The van der Waals surface area contributed by atoms with E-state index in [4.69, 9.17) is 9.15 Å². The van der Waals surface area contributed by atoms with E-state index in [1.165, 1.54) is 18.3 Å². The lowest BCUT2D eigenvalue weighted by molar-refractivity contribution is -0.154. The fraction of sp³-hybridized carbons (Fsp3) is 0.350. The summed E-state index contributed by atoms with van der Waals surface area (Å²) in [5, 5.41) is 3.24. The lowest BCUT2D eigenvalue weighted by Crippen LogP contribution is -2.53. The smallest absolute Gasteiger partial charge is 0.331 e. The number of furan rings is 1. The fourth-order valence-electron chi connectivity index (χ4n) is 4.42. The number of hydrogen-bond acceptors (Lipinski definition) is 6. The molecule has 140 valence electrons. The van der Waals surface area contributed by atoms with Crippen LogP contribution in [0, 0.1) is 11.8 Å². The van der Waals surface area contributed by atoms with Gasteiger partial charge in [0.15, 0.2) is 5.54 Å². The first-order valence-corrected chi connectivity index (χ1v) is 8.86. The van der Waals surface area contributed by atoms with Crippen LogP contribution < -0.4 is 5.32 Å². The van der Waals surface area contributed by atoms with Crippen LogP contribution in [0.25, 0.3) is 0 Å². The van der Waals surface area contributed by atoms with E-state index in [0.717, 1.165) is 0 Å². The minimum Gasteiger partial charge on any atom is -0.468 e. The van der Waals surface area contributed by atoms with Gasteiger partial charge in [0.25, 0.3) is 0 Å². The third kappa shape index (κ3) is 2.28. The maximum atomic E-state index is 13.2. The molecule has 7 nitrogen and oxygen atoms in total. The molecule has 1 N–H and O–H groups in total. The van der Waals surface area contributed by atoms with Crippen molar-refractivity contribution in [2.24, 2.45) is 11.8 Å². The second-order valence-corrected chi connectivity index (χ2v) is 6.73. The zero-order chi connectivity index (χ0) is 19.2. The number of nitrogens with one attached hydrogen (secondary N) is 1. The van der Waals surface area contributed by atoms with Crippen molar-refractivity contribution in [3.05, 3.63) is 60.1 Å². The number of likely N-dealkylation sites (tertiary alicyclic amines) is 1. The monoisotopic (exact) mass is 368 g/mol. The van der Waals surface area contributed by atoms with E-state index in [0.29, 0.717) is 11.3 Å². The summed E-state index contributed by atoms with van der Waals surface area (Å²) in [6, 6.07) is 11.8. The standard InChI is InChI=1S/C20H20N2O5/c1-3-22-17(23)14-15(18(22)24)20(19(25)26-2,12-8-5-4-6-9-12)21-16(14)13-10-7-11-27-13/h4-11,14-16,21H,3H2,1-2H3/t14-,15-,16-,20+/m0/s1. The summed E-state index contributed by atoms with van der Waals surface area (Å²) in [7, 11) is 1.28. The minimum absolute atomic E-state index is 0.252. The predicted octanol–water partition coefficient (Wildman–Crippen LogP) is 1.61. The van der Waals surface area contributed by atoms with Crippen LogP contribution in [-0.2, 0) is 24.7 Å². The van der Waals surface area contributed by atoms with E-state index in [2.05, 4.69) is 5.32 Å². The summed E-state index contributed by atoms with van der Waals surface area (Å²) in [4.78, 5) is 40.5. The van der Waals surface area contributed by atoms with Gasteiger partial charge >= 0.3 is 5.97 Å². The number of amides is 2. The van der Waals surface area contributed by atoms with Crippen LogP contribution in [-0.4, -0.2) is 36.3 Å². The Morgan fingerprint density at radius 2 is 1.93 bits per heavy atom. The van der Waals surface area contributed by atoms with Gasteiger partial charge in [0.2, 0.25) is 11.8 Å². The minimum atomic E-state index is -1.46. The average molecular weight is 368 g/mol. The van der Waals surface area contributed by atoms with E-state index in [1.807, 2.05) is 6.07 Å². The van der Waals surface area contributed by atoms with Crippen molar-refractivity contribution in [3.8, 4) is 0 Å². The Balaban J connectivity index is 1.95. The first-order valence-electron chi connectivity index (χ1n) is 8.86. The molecular formula is C20H20N2O5. The van der Waals surface area contributed by atoms with Crippen molar-refractivity contribution in [2.45, 2.75) is 18.5 Å². The van der Waals surface area contributed by atoms with Gasteiger partial charge in [-0.1, -0.05) is 30.3 Å². The maximum Gasteiger partial charge on any atom is 0.331 e. The second kappa shape index (κ2) is 6.35. The molecule has 0 aliphatic carbocycles. The van der Waals surface area contributed by atoms with Gasteiger partial charge in [0.05, 0.1) is 31.3 Å². The van der Waals surface area contributed by atoms with Gasteiger partial charge in [-0.15, -0.1) is 0 Å². The molecule has 1 aromatic heterocycles. The molecule has 2 amide bonds. The highest BCUT2D eigenvalue weighted by atomic mass is 16.5. The number of esters is 1. The van der Waals surface area contributed by atoms with Crippen LogP contribution in [0.5, 0.6) is 0 Å². The average Bonchev–Trinajstić information content (AvgIpc) is 3.39. The number of ether oxygens (including phenoxy) is 1. The number of methoxy groups -OCH3 is 1. The molecule has 0 unspecified atom stereocenters. The molecular weight excluding hydrogens is 348 g/mol. The van der Waals surface area contributed by atoms with Crippen LogP contribution in [0.1, 0.15) is 24.3 Å². The molecule has 4 rings (SSSR count). The van der Waals surface area contributed by atoms with Gasteiger partial charge in [-0.05, 0) is 24.6 Å². The van der Waals surface area contributed by atoms with Gasteiger partial charge in [-0.3, -0.25) is 19.8 Å². The molecule has 0 radical (unpaired) electrons. The van der Waals surface area contributed by atoms with Gasteiger partial charge in [-0.2, -0.15) is 0 Å². The number of carbonyl (C=O) groups excluding carboxylic acids is 3. The Labute approximate surface area is 156 Å². The van der Waals surface area contributed by atoms with Crippen molar-refractivity contribution < 1.29 is 23.5 Å². The SMILES string of the molecule is CCN1C(=O)[C@H]2[C@@H](C1=O)[C@@](C(=O)OC)(c1ccccc1)N[C@H]2c1ccco1. The van der Waals surface area contributed by atoms with Crippen LogP contribution in [0.15, 0.2) is 53.1 Å². The zero-order valence-corrected chi connectivity index (χ0v) is 15.0. The summed E-state index contributed by atoms with van der Waals surface area (Å²) < 4.78 is 10.6. The quantitative estimate of drug-likeness (QED) is 0.652. The van der Waals surface area contributed by atoms with Crippen molar-refractivity contribution in [3.63, 3.8) is 0 Å². The number of nitrogens with zero attached hydrogens (tertiary/aromatic N) is 1. The summed E-state index contributed by atoms with van der Waals surface area (Å²) in [5.74, 6) is -2.42. The molecule has 2 aromatic rings. The number of imide groups is 1. The third-order valence-electron chi connectivity index (χ3n) is 5.55. The highest BCUT2D eigenvalue weighted by Crippen LogP contribution is 2.53. The van der Waals surface area contributed by atoms with Crippen LogP contribution >= 0.6 is 0 Å². The Bertz CT molecular complexity index is 879. The Morgan fingerprint density at radius 3 is 2.52 bits per heavy atom. The molecule has 2 aliphatic heterocycles. The van der Waals surface area contributed by atoms with Crippen molar-refractivity contribution >= 4 is 17.8 Å².